The third kappa shape index (κ3) is 3.45. The quantitative estimate of drug-likeness (QED) is 0.941. The number of hydrogen-bond donors (Lipinski definition) is 1. The van der Waals surface area contributed by atoms with Gasteiger partial charge < -0.3 is 10.2 Å². The third-order valence-corrected chi connectivity index (χ3v) is 4.32. The Hall–Kier alpha value is -2.69. The Labute approximate surface area is 141 Å². The minimum atomic E-state index is -0.336. The molecule has 3 rings (SSSR count). The summed E-state index contributed by atoms with van der Waals surface area (Å²) < 4.78 is 0. The lowest BCUT2D eigenvalue weighted by molar-refractivity contribution is -0.122. The minimum Gasteiger partial charge on any atom is -0.326 e. The van der Waals surface area contributed by atoms with E-state index < -0.39 is 0 Å². The van der Waals surface area contributed by atoms with Gasteiger partial charge in [-0.25, -0.2) is 0 Å². The summed E-state index contributed by atoms with van der Waals surface area (Å²) in [5, 5.41) is 2.88. The summed E-state index contributed by atoms with van der Waals surface area (Å²) in [5.74, 6) is -0.469. The molecule has 1 aromatic carbocycles. The van der Waals surface area contributed by atoms with Gasteiger partial charge in [0, 0.05) is 36.2 Å². The summed E-state index contributed by atoms with van der Waals surface area (Å²) in [5.41, 5.74) is 3.64. The van der Waals surface area contributed by atoms with Gasteiger partial charge in [-0.3, -0.25) is 14.6 Å². The van der Waals surface area contributed by atoms with Gasteiger partial charge in [0.2, 0.25) is 11.8 Å². The molecule has 1 unspecified atom stereocenters. The average Bonchev–Trinajstić information content (AvgIpc) is 2.97. The van der Waals surface area contributed by atoms with Crippen LogP contribution in [0.25, 0.3) is 0 Å². The van der Waals surface area contributed by atoms with Gasteiger partial charge in [-0.15, -0.1) is 0 Å². The molecule has 1 N–H and O–H groups in total. The van der Waals surface area contributed by atoms with Crippen molar-refractivity contribution in [2.45, 2.75) is 26.7 Å². The van der Waals surface area contributed by atoms with Crippen molar-refractivity contribution in [3.05, 3.63) is 53.9 Å². The highest BCUT2D eigenvalue weighted by molar-refractivity contribution is 6.03. The second kappa shape index (κ2) is 6.83. The van der Waals surface area contributed by atoms with E-state index in [-0.39, 0.29) is 24.2 Å². The summed E-state index contributed by atoms with van der Waals surface area (Å²) in [4.78, 5) is 30.5. The first-order valence-corrected chi connectivity index (χ1v) is 8.19. The van der Waals surface area contributed by atoms with E-state index in [0.717, 1.165) is 17.8 Å². The molecular weight excluding hydrogens is 302 g/mol. The monoisotopic (exact) mass is 323 g/mol. The number of nitrogens with zero attached hydrogens (tertiary/aromatic N) is 2. The van der Waals surface area contributed by atoms with Crippen LogP contribution in [0.1, 0.15) is 24.6 Å². The van der Waals surface area contributed by atoms with Crippen molar-refractivity contribution in [3.8, 4) is 0 Å². The van der Waals surface area contributed by atoms with Gasteiger partial charge in [-0.2, -0.15) is 0 Å². The van der Waals surface area contributed by atoms with Crippen molar-refractivity contribution in [3.63, 3.8) is 0 Å². The van der Waals surface area contributed by atoms with E-state index in [1.165, 1.54) is 5.56 Å². The Morgan fingerprint density at radius 1 is 1.29 bits per heavy atom. The van der Waals surface area contributed by atoms with Gasteiger partial charge in [0.25, 0.3) is 0 Å². The van der Waals surface area contributed by atoms with Gasteiger partial charge in [-0.1, -0.05) is 19.1 Å². The van der Waals surface area contributed by atoms with Crippen LogP contribution in [0.15, 0.2) is 42.6 Å². The molecule has 5 heteroatoms. The SMILES string of the molecule is CCc1ccc(N2CC(C(=O)Nc3ccnc(C)c3)CC2=O)cc1. The second-order valence-electron chi connectivity index (χ2n) is 6.10. The molecule has 2 aromatic rings. The molecule has 1 atom stereocenters. The van der Waals surface area contributed by atoms with Crippen LogP contribution in [-0.4, -0.2) is 23.3 Å². The fourth-order valence-corrected chi connectivity index (χ4v) is 2.91. The lowest BCUT2D eigenvalue weighted by atomic mass is 10.1. The predicted octanol–water partition coefficient (Wildman–Crippen LogP) is 2.94. The van der Waals surface area contributed by atoms with E-state index in [1.54, 1.807) is 17.2 Å². The molecule has 0 radical (unpaired) electrons. The molecule has 5 nitrogen and oxygen atoms in total. The summed E-state index contributed by atoms with van der Waals surface area (Å²) >= 11 is 0. The maximum Gasteiger partial charge on any atom is 0.229 e. The van der Waals surface area contributed by atoms with Gasteiger partial charge in [-0.05, 0) is 43.2 Å². The number of aromatic nitrogens is 1. The fraction of sp³-hybridized carbons (Fsp3) is 0.316. The van der Waals surface area contributed by atoms with Crippen molar-refractivity contribution < 1.29 is 9.59 Å². The van der Waals surface area contributed by atoms with Crippen LogP contribution in [0.5, 0.6) is 0 Å². The van der Waals surface area contributed by atoms with Gasteiger partial charge in [0.15, 0.2) is 0 Å². The average molecular weight is 323 g/mol. The zero-order valence-electron chi connectivity index (χ0n) is 14.0. The van der Waals surface area contributed by atoms with E-state index in [4.69, 9.17) is 0 Å². The van der Waals surface area contributed by atoms with Crippen molar-refractivity contribution in [1.29, 1.82) is 0 Å². The Kier molecular flexibility index (Phi) is 4.60. The first kappa shape index (κ1) is 16.2. The standard InChI is InChI=1S/C19H21N3O2/c1-3-14-4-6-17(7-5-14)22-12-15(11-18(22)23)19(24)21-16-8-9-20-13(2)10-16/h4-10,15H,3,11-12H2,1-2H3,(H,20,21,24). The molecule has 124 valence electrons. The maximum atomic E-state index is 12.4. The van der Waals surface area contributed by atoms with Crippen LogP contribution in [0.3, 0.4) is 0 Å². The molecule has 1 aliphatic heterocycles. The molecule has 0 saturated carbocycles. The minimum absolute atomic E-state index is 0.00897. The van der Waals surface area contributed by atoms with E-state index in [0.29, 0.717) is 12.2 Å². The number of benzene rings is 1. The number of hydrogen-bond acceptors (Lipinski definition) is 3. The van der Waals surface area contributed by atoms with Crippen LogP contribution in [0.4, 0.5) is 11.4 Å². The number of nitrogens with one attached hydrogen (secondary N) is 1. The first-order valence-electron chi connectivity index (χ1n) is 8.19. The highest BCUT2D eigenvalue weighted by Gasteiger charge is 2.35. The van der Waals surface area contributed by atoms with E-state index >= 15 is 0 Å². The number of amides is 2. The molecule has 0 aliphatic carbocycles. The number of carbonyl (C=O) groups excluding carboxylic acids is 2. The molecule has 1 aromatic heterocycles. The highest BCUT2D eigenvalue weighted by atomic mass is 16.2. The Morgan fingerprint density at radius 2 is 2.04 bits per heavy atom. The maximum absolute atomic E-state index is 12.4. The van der Waals surface area contributed by atoms with Crippen LogP contribution in [0.2, 0.25) is 0 Å². The van der Waals surface area contributed by atoms with Crippen molar-refractivity contribution in [2.24, 2.45) is 5.92 Å². The zero-order chi connectivity index (χ0) is 17.1. The molecule has 1 aliphatic rings. The van der Waals surface area contributed by atoms with Crippen molar-refractivity contribution >= 4 is 23.2 Å². The molecule has 1 saturated heterocycles. The fourth-order valence-electron chi connectivity index (χ4n) is 2.91. The molecule has 0 bridgehead atoms. The summed E-state index contributed by atoms with van der Waals surface area (Å²) in [6.45, 7) is 4.38. The Bertz CT molecular complexity index is 755. The summed E-state index contributed by atoms with van der Waals surface area (Å²) in [6, 6.07) is 11.5. The van der Waals surface area contributed by atoms with Crippen LogP contribution in [-0.2, 0) is 16.0 Å². The normalized spacial score (nSPS) is 17.2. The molecule has 2 heterocycles. The number of carbonyl (C=O) groups is 2. The van der Waals surface area contributed by atoms with Gasteiger partial charge in [0.05, 0.1) is 5.92 Å². The molecular formula is C19H21N3O2. The van der Waals surface area contributed by atoms with Crippen molar-refractivity contribution in [2.75, 3.05) is 16.8 Å². The summed E-state index contributed by atoms with van der Waals surface area (Å²) in [6.07, 6.45) is 2.86. The largest absolute Gasteiger partial charge is 0.326 e. The Balaban J connectivity index is 1.68. The predicted molar refractivity (Wildman–Crippen MR) is 93.9 cm³/mol. The molecule has 0 spiro atoms. The summed E-state index contributed by atoms with van der Waals surface area (Å²) in [7, 11) is 0. The van der Waals surface area contributed by atoms with Crippen LogP contribution in [0, 0.1) is 12.8 Å². The second-order valence-corrected chi connectivity index (χ2v) is 6.10. The molecule has 24 heavy (non-hydrogen) atoms. The topological polar surface area (TPSA) is 62.3 Å². The van der Waals surface area contributed by atoms with Crippen LogP contribution < -0.4 is 10.2 Å². The number of anilines is 2. The van der Waals surface area contributed by atoms with Gasteiger partial charge in [0.1, 0.15) is 0 Å². The van der Waals surface area contributed by atoms with Crippen LogP contribution >= 0.6 is 0 Å². The van der Waals surface area contributed by atoms with Crippen molar-refractivity contribution in [1.82, 2.24) is 4.98 Å². The lowest BCUT2D eigenvalue weighted by Gasteiger charge is -2.17. The number of aryl methyl sites for hydroxylation is 2. The molecule has 2 amide bonds. The highest BCUT2D eigenvalue weighted by Crippen LogP contribution is 2.26. The zero-order valence-corrected chi connectivity index (χ0v) is 14.0. The first-order chi connectivity index (χ1) is 11.6. The number of pyridine rings is 1. The van der Waals surface area contributed by atoms with Gasteiger partial charge >= 0.3 is 0 Å². The molecule has 1 fully saturated rings. The number of rotatable bonds is 4. The smallest absolute Gasteiger partial charge is 0.229 e. The Morgan fingerprint density at radius 3 is 2.71 bits per heavy atom. The van der Waals surface area contributed by atoms with E-state index in [1.807, 2.05) is 37.3 Å². The van der Waals surface area contributed by atoms with E-state index in [2.05, 4.69) is 17.2 Å². The van der Waals surface area contributed by atoms with E-state index in [9.17, 15) is 9.59 Å². The third-order valence-electron chi connectivity index (χ3n) is 4.32. The lowest BCUT2D eigenvalue weighted by Crippen LogP contribution is -2.28.